The quantitative estimate of drug-likeness (QED) is 0.157. The Balaban J connectivity index is 1.80. The van der Waals surface area contributed by atoms with Gasteiger partial charge in [0, 0.05) is 24.5 Å². The smallest absolute Gasteiger partial charge is 0.264 e. The van der Waals surface area contributed by atoms with Gasteiger partial charge < -0.3 is 10.2 Å². The molecule has 10 heteroatoms. The van der Waals surface area contributed by atoms with Gasteiger partial charge in [0.2, 0.25) is 11.8 Å². The fraction of sp³-hybridized carbons (Fsp3) is 0.257. The maximum atomic E-state index is 14.5. The summed E-state index contributed by atoms with van der Waals surface area (Å²) >= 11 is 6.20. The molecule has 0 unspecified atom stereocenters. The largest absolute Gasteiger partial charge is 0.354 e. The number of benzene rings is 4. The van der Waals surface area contributed by atoms with Crippen molar-refractivity contribution in [3.8, 4) is 0 Å². The zero-order valence-electron chi connectivity index (χ0n) is 25.3. The second kappa shape index (κ2) is 15.7. The van der Waals surface area contributed by atoms with Gasteiger partial charge in [0.05, 0.1) is 10.6 Å². The van der Waals surface area contributed by atoms with Gasteiger partial charge in [-0.05, 0) is 72.5 Å². The van der Waals surface area contributed by atoms with Crippen LogP contribution in [0.25, 0.3) is 0 Å². The fourth-order valence-corrected chi connectivity index (χ4v) is 6.70. The van der Waals surface area contributed by atoms with Gasteiger partial charge in [-0.15, -0.1) is 0 Å². The second-order valence-electron chi connectivity index (χ2n) is 10.8. The Morgan fingerprint density at radius 2 is 1.53 bits per heavy atom. The first-order valence-corrected chi connectivity index (χ1v) is 16.6. The number of rotatable bonds is 14. The summed E-state index contributed by atoms with van der Waals surface area (Å²) < 4.78 is 43.1. The van der Waals surface area contributed by atoms with Gasteiger partial charge in [0.15, 0.2) is 0 Å². The molecule has 0 saturated carbocycles. The van der Waals surface area contributed by atoms with Crippen LogP contribution < -0.4 is 9.62 Å². The average molecular weight is 650 g/mol. The van der Waals surface area contributed by atoms with E-state index in [1.54, 1.807) is 55.5 Å². The van der Waals surface area contributed by atoms with E-state index < -0.39 is 34.3 Å². The standard InChI is InChI=1S/C35H37ClFN3O4S/c1-3-4-21-38-35(42)33(23-27-11-7-5-8-12-27)39(24-28-15-18-30(37)19-16-28)34(41)25-40(32-20-17-29(36)22-26(32)2)45(43,44)31-13-9-6-10-14-31/h5-20,22,33H,3-4,21,23-25H2,1-2H3,(H,38,42)/t33-/m0/s1. The molecule has 0 fully saturated rings. The molecule has 236 valence electrons. The number of nitrogens with zero attached hydrogens (tertiary/aromatic N) is 2. The molecule has 4 rings (SSSR count). The Morgan fingerprint density at radius 3 is 2.16 bits per heavy atom. The van der Waals surface area contributed by atoms with Gasteiger partial charge in [-0.25, -0.2) is 12.8 Å². The molecule has 45 heavy (non-hydrogen) atoms. The van der Waals surface area contributed by atoms with Crippen LogP contribution in [0.15, 0.2) is 108 Å². The lowest BCUT2D eigenvalue weighted by Crippen LogP contribution is -2.53. The number of carbonyl (C=O) groups excluding carboxylic acids is 2. The molecule has 1 N–H and O–H groups in total. The maximum absolute atomic E-state index is 14.5. The molecule has 1 atom stereocenters. The average Bonchev–Trinajstić information content (AvgIpc) is 3.03. The molecule has 0 bridgehead atoms. The minimum Gasteiger partial charge on any atom is -0.354 e. The highest BCUT2D eigenvalue weighted by Gasteiger charge is 2.35. The molecule has 0 radical (unpaired) electrons. The van der Waals surface area contributed by atoms with E-state index in [2.05, 4.69) is 5.32 Å². The molecule has 2 amide bonds. The van der Waals surface area contributed by atoms with E-state index in [0.717, 1.165) is 22.7 Å². The lowest BCUT2D eigenvalue weighted by atomic mass is 10.0. The van der Waals surface area contributed by atoms with Crippen molar-refractivity contribution < 1.29 is 22.4 Å². The molecule has 7 nitrogen and oxygen atoms in total. The number of hydrogen-bond donors (Lipinski definition) is 1. The number of sulfonamides is 1. The lowest BCUT2D eigenvalue weighted by Gasteiger charge is -2.34. The van der Waals surface area contributed by atoms with Gasteiger partial charge in [-0.1, -0.05) is 85.6 Å². The number of unbranched alkanes of at least 4 members (excludes halogenated alkanes) is 1. The van der Waals surface area contributed by atoms with Crippen LogP contribution in [0, 0.1) is 12.7 Å². The van der Waals surface area contributed by atoms with E-state index in [-0.39, 0.29) is 29.5 Å². The third-order valence-electron chi connectivity index (χ3n) is 7.40. The number of amides is 2. The van der Waals surface area contributed by atoms with Crippen molar-refractivity contribution in [2.75, 3.05) is 17.4 Å². The van der Waals surface area contributed by atoms with E-state index in [9.17, 15) is 22.4 Å². The van der Waals surface area contributed by atoms with Crippen LogP contribution in [0.2, 0.25) is 5.02 Å². The van der Waals surface area contributed by atoms with E-state index >= 15 is 0 Å². The van der Waals surface area contributed by atoms with Gasteiger partial charge in [-0.2, -0.15) is 0 Å². The van der Waals surface area contributed by atoms with Crippen LogP contribution in [0.4, 0.5) is 10.1 Å². The summed E-state index contributed by atoms with van der Waals surface area (Å²) in [7, 11) is -4.23. The molecule has 0 aliphatic carbocycles. The minimum absolute atomic E-state index is 0.00961. The molecule has 0 aromatic heterocycles. The molecule has 4 aromatic rings. The number of hydrogen-bond acceptors (Lipinski definition) is 4. The predicted molar refractivity (Wildman–Crippen MR) is 176 cm³/mol. The van der Waals surface area contributed by atoms with Crippen molar-refractivity contribution in [1.82, 2.24) is 10.2 Å². The minimum atomic E-state index is -4.23. The maximum Gasteiger partial charge on any atom is 0.264 e. The highest BCUT2D eigenvalue weighted by Crippen LogP contribution is 2.29. The number of anilines is 1. The first kappa shape index (κ1) is 33.7. The van der Waals surface area contributed by atoms with Gasteiger partial charge in [0.1, 0.15) is 18.4 Å². The number of carbonyl (C=O) groups is 2. The monoisotopic (exact) mass is 649 g/mol. The summed E-state index contributed by atoms with van der Waals surface area (Å²) in [6, 6.07) is 26.6. The zero-order valence-corrected chi connectivity index (χ0v) is 26.9. The van der Waals surface area contributed by atoms with Crippen LogP contribution in [0.5, 0.6) is 0 Å². The summed E-state index contributed by atoms with van der Waals surface area (Å²) in [4.78, 5) is 29.6. The third-order valence-corrected chi connectivity index (χ3v) is 9.41. The normalized spacial score (nSPS) is 11.9. The lowest BCUT2D eigenvalue weighted by molar-refractivity contribution is -0.140. The zero-order chi connectivity index (χ0) is 32.4. The van der Waals surface area contributed by atoms with E-state index in [1.807, 2.05) is 37.3 Å². The molecular formula is C35H37ClFN3O4S. The molecule has 0 aliphatic heterocycles. The highest BCUT2D eigenvalue weighted by molar-refractivity contribution is 7.92. The Bertz CT molecular complexity index is 1690. The number of nitrogens with one attached hydrogen (secondary N) is 1. The molecular weight excluding hydrogens is 613 g/mol. The number of aryl methyl sites for hydroxylation is 1. The van der Waals surface area contributed by atoms with Crippen LogP contribution in [-0.4, -0.2) is 44.3 Å². The van der Waals surface area contributed by atoms with E-state index in [4.69, 9.17) is 11.6 Å². The summed E-state index contributed by atoms with van der Waals surface area (Å²) in [6.07, 6.45) is 1.82. The van der Waals surface area contributed by atoms with Crippen LogP contribution in [0.1, 0.15) is 36.5 Å². The van der Waals surface area contributed by atoms with Crippen LogP contribution in [-0.2, 0) is 32.6 Å². The Kier molecular flexibility index (Phi) is 11.7. The molecule has 0 spiro atoms. The Hall–Kier alpha value is -4.21. The predicted octanol–water partition coefficient (Wildman–Crippen LogP) is 6.54. The SMILES string of the molecule is CCCCNC(=O)[C@H](Cc1ccccc1)N(Cc1ccc(F)cc1)C(=O)CN(c1ccc(Cl)cc1C)S(=O)(=O)c1ccccc1. The van der Waals surface area contributed by atoms with Gasteiger partial charge in [0.25, 0.3) is 10.0 Å². The van der Waals surface area contributed by atoms with Crippen molar-refractivity contribution in [2.24, 2.45) is 0 Å². The summed E-state index contributed by atoms with van der Waals surface area (Å²) in [5.41, 5.74) is 2.25. The first-order chi connectivity index (χ1) is 21.6. The van der Waals surface area contributed by atoms with Gasteiger partial charge >= 0.3 is 0 Å². The third kappa shape index (κ3) is 8.93. The number of halogens is 2. The van der Waals surface area contributed by atoms with Crippen LogP contribution in [0.3, 0.4) is 0 Å². The molecule has 0 aliphatic rings. The second-order valence-corrected chi connectivity index (χ2v) is 13.1. The van der Waals surface area contributed by atoms with E-state index in [0.29, 0.717) is 22.7 Å². The highest BCUT2D eigenvalue weighted by atomic mass is 35.5. The van der Waals surface area contributed by atoms with Gasteiger partial charge in [-0.3, -0.25) is 13.9 Å². The molecule has 4 aromatic carbocycles. The van der Waals surface area contributed by atoms with Crippen LogP contribution >= 0.6 is 11.6 Å². The van der Waals surface area contributed by atoms with Crippen molar-refractivity contribution in [1.29, 1.82) is 0 Å². The summed E-state index contributed by atoms with van der Waals surface area (Å²) in [6.45, 7) is 3.52. The first-order valence-electron chi connectivity index (χ1n) is 14.8. The fourth-order valence-electron chi connectivity index (χ4n) is 4.98. The molecule has 0 saturated heterocycles. The van der Waals surface area contributed by atoms with E-state index in [1.165, 1.54) is 29.2 Å². The Morgan fingerprint density at radius 1 is 0.889 bits per heavy atom. The van der Waals surface area contributed by atoms with Crippen molar-refractivity contribution in [3.63, 3.8) is 0 Å². The summed E-state index contributed by atoms with van der Waals surface area (Å²) in [5, 5.41) is 3.37. The van der Waals surface area contributed by atoms with Crippen molar-refractivity contribution in [2.45, 2.75) is 50.6 Å². The topological polar surface area (TPSA) is 86.8 Å². The molecule has 0 heterocycles. The Labute approximate surface area is 269 Å². The van der Waals surface area contributed by atoms with Crippen molar-refractivity contribution in [3.05, 3.63) is 131 Å². The van der Waals surface area contributed by atoms with Crippen molar-refractivity contribution >= 4 is 39.1 Å². The summed E-state index contributed by atoms with van der Waals surface area (Å²) in [5.74, 6) is -1.39.